The van der Waals surface area contributed by atoms with Crippen LogP contribution in [-0.4, -0.2) is 15.9 Å². The van der Waals surface area contributed by atoms with E-state index in [4.69, 9.17) is 0 Å². The van der Waals surface area contributed by atoms with Gasteiger partial charge in [0.2, 0.25) is 5.91 Å². The van der Waals surface area contributed by atoms with Crippen molar-refractivity contribution in [1.29, 1.82) is 0 Å². The first kappa shape index (κ1) is 15.8. The average Bonchev–Trinajstić information content (AvgIpc) is 2.60. The van der Waals surface area contributed by atoms with Gasteiger partial charge in [-0.3, -0.25) is 9.78 Å². The predicted molar refractivity (Wildman–Crippen MR) is 91.6 cm³/mol. The molecule has 0 bridgehead atoms. The summed E-state index contributed by atoms with van der Waals surface area (Å²) in [6.07, 6.45) is 4.61. The van der Waals surface area contributed by atoms with Crippen molar-refractivity contribution in [3.63, 3.8) is 0 Å². The first-order valence-electron chi connectivity index (χ1n) is 7.54. The Balaban J connectivity index is 1.62. The van der Waals surface area contributed by atoms with Crippen LogP contribution >= 0.6 is 0 Å². The van der Waals surface area contributed by atoms with Gasteiger partial charge in [0.05, 0.1) is 22.9 Å². The van der Waals surface area contributed by atoms with Gasteiger partial charge in [-0.05, 0) is 42.3 Å². The lowest BCUT2D eigenvalue weighted by Crippen LogP contribution is -2.20. The number of carbonyl (C=O) groups excluding carboxylic acids is 1. The van der Waals surface area contributed by atoms with Crippen LogP contribution in [0.4, 0.5) is 4.39 Å². The minimum absolute atomic E-state index is 0.268. The van der Waals surface area contributed by atoms with E-state index in [2.05, 4.69) is 15.3 Å². The first-order chi connectivity index (χ1) is 11.6. The number of aromatic nitrogens is 2. The van der Waals surface area contributed by atoms with Gasteiger partial charge in [0.1, 0.15) is 5.82 Å². The number of hydrogen-bond acceptors (Lipinski definition) is 3. The third-order valence-corrected chi connectivity index (χ3v) is 3.58. The van der Waals surface area contributed by atoms with Crippen molar-refractivity contribution in [3.05, 3.63) is 77.4 Å². The molecule has 0 atom stereocenters. The summed E-state index contributed by atoms with van der Waals surface area (Å²) in [6.45, 7) is 1.97. The molecule has 0 saturated carbocycles. The molecule has 0 aliphatic carbocycles. The average molecular weight is 321 g/mol. The van der Waals surface area contributed by atoms with Crippen LogP contribution in [-0.2, 0) is 11.3 Å². The Labute approximate surface area is 139 Å². The van der Waals surface area contributed by atoms with Gasteiger partial charge < -0.3 is 5.32 Å². The topological polar surface area (TPSA) is 54.9 Å². The summed E-state index contributed by atoms with van der Waals surface area (Å²) in [4.78, 5) is 20.6. The number of para-hydroxylation sites is 2. The van der Waals surface area contributed by atoms with E-state index in [0.29, 0.717) is 16.8 Å². The van der Waals surface area contributed by atoms with Crippen LogP contribution in [0.1, 0.15) is 16.8 Å². The summed E-state index contributed by atoms with van der Waals surface area (Å²) in [7, 11) is 0. The zero-order valence-electron chi connectivity index (χ0n) is 13.2. The van der Waals surface area contributed by atoms with Crippen LogP contribution in [0.15, 0.2) is 54.7 Å². The quantitative estimate of drug-likeness (QED) is 0.749. The molecule has 1 N–H and O–H groups in total. The lowest BCUT2D eigenvalue weighted by atomic mass is 10.1. The molecular weight excluding hydrogens is 305 g/mol. The van der Waals surface area contributed by atoms with Crippen LogP contribution in [0.3, 0.4) is 0 Å². The maximum absolute atomic E-state index is 13.5. The second-order valence-corrected chi connectivity index (χ2v) is 5.42. The fourth-order valence-corrected chi connectivity index (χ4v) is 2.21. The van der Waals surface area contributed by atoms with Gasteiger partial charge in [0, 0.05) is 12.6 Å². The lowest BCUT2D eigenvalue weighted by molar-refractivity contribution is -0.116. The molecule has 3 rings (SSSR count). The van der Waals surface area contributed by atoms with E-state index in [-0.39, 0.29) is 18.3 Å². The van der Waals surface area contributed by atoms with Gasteiger partial charge in [0.15, 0.2) is 0 Å². The molecule has 2 aromatic carbocycles. The number of hydrogen-bond donors (Lipinski definition) is 1. The van der Waals surface area contributed by atoms with Gasteiger partial charge in [-0.15, -0.1) is 0 Å². The molecule has 0 fully saturated rings. The summed E-state index contributed by atoms with van der Waals surface area (Å²) in [5.41, 5.74) is 3.48. The van der Waals surface area contributed by atoms with E-state index in [9.17, 15) is 9.18 Å². The Bertz CT molecular complexity index is 921. The summed E-state index contributed by atoms with van der Waals surface area (Å²) in [5.74, 6) is -0.547. The molecule has 4 nitrogen and oxygen atoms in total. The Morgan fingerprint density at radius 3 is 2.79 bits per heavy atom. The Morgan fingerprint density at radius 2 is 2.00 bits per heavy atom. The molecular formula is C19H16FN3O. The number of halogens is 1. The molecule has 0 aliphatic rings. The van der Waals surface area contributed by atoms with Crippen molar-refractivity contribution >= 4 is 23.0 Å². The lowest BCUT2D eigenvalue weighted by Gasteiger charge is -2.04. The van der Waals surface area contributed by atoms with Crippen molar-refractivity contribution in [3.8, 4) is 0 Å². The third kappa shape index (κ3) is 3.81. The van der Waals surface area contributed by atoms with E-state index < -0.39 is 0 Å². The molecule has 0 saturated heterocycles. The molecule has 24 heavy (non-hydrogen) atoms. The molecule has 0 unspecified atom stereocenters. The molecule has 120 valence electrons. The van der Waals surface area contributed by atoms with Crippen LogP contribution in [0.2, 0.25) is 0 Å². The van der Waals surface area contributed by atoms with Gasteiger partial charge >= 0.3 is 0 Å². The second kappa shape index (κ2) is 7.00. The summed E-state index contributed by atoms with van der Waals surface area (Å²) in [6, 6.07) is 12.4. The van der Waals surface area contributed by atoms with Crippen molar-refractivity contribution < 1.29 is 9.18 Å². The number of fused-ring (bicyclic) bond motifs is 1. The van der Waals surface area contributed by atoms with Crippen LogP contribution in [0.25, 0.3) is 17.1 Å². The number of amides is 1. The van der Waals surface area contributed by atoms with Crippen molar-refractivity contribution in [1.82, 2.24) is 15.3 Å². The normalized spacial score (nSPS) is 11.1. The SMILES string of the molecule is Cc1ccc(CNC(=O)/C=C/c2cnc3ccccc3n2)cc1F. The Hall–Kier alpha value is -3.08. The van der Waals surface area contributed by atoms with Crippen LogP contribution in [0.5, 0.6) is 0 Å². The molecule has 1 amide bonds. The monoisotopic (exact) mass is 321 g/mol. The molecule has 1 aromatic heterocycles. The number of nitrogens with one attached hydrogen (secondary N) is 1. The zero-order chi connectivity index (χ0) is 16.9. The van der Waals surface area contributed by atoms with Gasteiger partial charge in [0.25, 0.3) is 0 Å². The Kier molecular flexibility index (Phi) is 4.61. The zero-order valence-corrected chi connectivity index (χ0v) is 13.2. The summed E-state index contributed by atoms with van der Waals surface area (Å²) in [5, 5.41) is 2.71. The summed E-state index contributed by atoms with van der Waals surface area (Å²) >= 11 is 0. The van der Waals surface area contributed by atoms with Crippen molar-refractivity contribution in [2.45, 2.75) is 13.5 Å². The molecule has 5 heteroatoms. The number of rotatable bonds is 4. The predicted octanol–water partition coefficient (Wildman–Crippen LogP) is 3.41. The number of aryl methyl sites for hydroxylation is 1. The minimum atomic E-state index is -0.274. The Morgan fingerprint density at radius 1 is 1.21 bits per heavy atom. The standard InChI is InChI=1S/C19H16FN3O/c1-13-6-7-14(10-16(13)20)11-22-19(24)9-8-15-12-21-17-4-2-3-5-18(17)23-15/h2-10,12H,11H2,1H3,(H,22,24)/b9-8+. The minimum Gasteiger partial charge on any atom is -0.348 e. The highest BCUT2D eigenvalue weighted by atomic mass is 19.1. The van der Waals surface area contributed by atoms with E-state index in [1.165, 1.54) is 12.1 Å². The number of nitrogens with zero attached hydrogens (tertiary/aromatic N) is 2. The molecule has 1 heterocycles. The smallest absolute Gasteiger partial charge is 0.244 e. The van der Waals surface area contributed by atoms with E-state index in [0.717, 1.165) is 11.0 Å². The highest BCUT2D eigenvalue weighted by Crippen LogP contribution is 2.10. The first-order valence-corrected chi connectivity index (χ1v) is 7.54. The molecule has 0 aliphatic heterocycles. The van der Waals surface area contributed by atoms with Crippen molar-refractivity contribution in [2.75, 3.05) is 0 Å². The maximum atomic E-state index is 13.5. The van der Waals surface area contributed by atoms with E-state index in [1.54, 1.807) is 31.3 Å². The highest BCUT2D eigenvalue weighted by molar-refractivity contribution is 5.91. The van der Waals surface area contributed by atoms with Gasteiger partial charge in [-0.25, -0.2) is 9.37 Å². The van der Waals surface area contributed by atoms with E-state index in [1.807, 2.05) is 24.3 Å². The van der Waals surface area contributed by atoms with Crippen molar-refractivity contribution in [2.24, 2.45) is 0 Å². The fourth-order valence-electron chi connectivity index (χ4n) is 2.21. The number of benzene rings is 2. The maximum Gasteiger partial charge on any atom is 0.244 e. The third-order valence-electron chi connectivity index (χ3n) is 3.58. The van der Waals surface area contributed by atoms with Crippen LogP contribution in [0, 0.1) is 12.7 Å². The molecule has 0 spiro atoms. The molecule has 3 aromatic rings. The number of carbonyl (C=O) groups is 1. The van der Waals surface area contributed by atoms with Crippen LogP contribution < -0.4 is 5.32 Å². The second-order valence-electron chi connectivity index (χ2n) is 5.42. The fraction of sp³-hybridized carbons (Fsp3) is 0.105. The van der Waals surface area contributed by atoms with Gasteiger partial charge in [-0.2, -0.15) is 0 Å². The molecule has 0 radical (unpaired) electrons. The largest absolute Gasteiger partial charge is 0.348 e. The van der Waals surface area contributed by atoms with E-state index >= 15 is 0 Å². The summed E-state index contributed by atoms with van der Waals surface area (Å²) < 4.78 is 13.5. The van der Waals surface area contributed by atoms with Gasteiger partial charge in [-0.1, -0.05) is 24.3 Å². The highest BCUT2D eigenvalue weighted by Gasteiger charge is 2.02.